The van der Waals surface area contributed by atoms with E-state index in [0.717, 1.165) is 0 Å². The van der Waals surface area contributed by atoms with Gasteiger partial charge in [0.2, 0.25) is 0 Å². The number of aromatic nitrogens is 2. The number of anilines is 4. The molecule has 0 saturated heterocycles. The molecule has 0 aromatic carbocycles. The van der Waals surface area contributed by atoms with Gasteiger partial charge in [-0.15, -0.1) is 0 Å². The van der Waals surface area contributed by atoms with Gasteiger partial charge in [-0.2, -0.15) is 10.5 Å². The molecule has 0 aliphatic carbocycles. The minimum atomic E-state index is -0.394. The number of halogens is 1. The molecule has 0 radical (unpaired) electrons. The summed E-state index contributed by atoms with van der Waals surface area (Å²) in [5.74, 6) is 0.832. The Morgan fingerprint density at radius 2 is 2.05 bits per heavy atom. The quantitative estimate of drug-likeness (QED) is 0.792. The second kappa shape index (κ2) is 6.61. The molecule has 8 heteroatoms. The summed E-state index contributed by atoms with van der Waals surface area (Å²) in [6, 6.07) is 6.78. The van der Waals surface area contributed by atoms with Gasteiger partial charge in [-0.3, -0.25) is 0 Å². The SMILES string of the molecule is C[C@H](C#N)Nc1cc(Nc2ncc(C#N)cc2Cl)ncc1N. The van der Waals surface area contributed by atoms with Gasteiger partial charge in [-0.05, 0) is 13.0 Å². The molecule has 22 heavy (non-hydrogen) atoms. The van der Waals surface area contributed by atoms with Gasteiger partial charge >= 0.3 is 0 Å². The third kappa shape index (κ3) is 3.54. The fraction of sp³-hybridized carbons (Fsp3) is 0.143. The van der Waals surface area contributed by atoms with Crippen molar-refractivity contribution in [2.24, 2.45) is 0 Å². The van der Waals surface area contributed by atoms with Crippen LogP contribution < -0.4 is 16.4 Å². The fourth-order valence-corrected chi connectivity index (χ4v) is 1.85. The minimum Gasteiger partial charge on any atom is -0.396 e. The van der Waals surface area contributed by atoms with Crippen molar-refractivity contribution >= 4 is 34.6 Å². The smallest absolute Gasteiger partial charge is 0.150 e. The second-order valence-electron chi connectivity index (χ2n) is 4.44. The van der Waals surface area contributed by atoms with E-state index in [0.29, 0.717) is 33.6 Å². The van der Waals surface area contributed by atoms with Crippen molar-refractivity contribution < 1.29 is 0 Å². The summed E-state index contributed by atoms with van der Waals surface area (Å²) in [7, 11) is 0. The van der Waals surface area contributed by atoms with Crippen molar-refractivity contribution in [3.8, 4) is 12.1 Å². The van der Waals surface area contributed by atoms with Crippen LogP contribution in [0.15, 0.2) is 24.5 Å². The molecule has 0 aliphatic rings. The number of nitrogens with zero attached hydrogens (tertiary/aromatic N) is 4. The maximum absolute atomic E-state index is 8.84. The second-order valence-corrected chi connectivity index (χ2v) is 4.85. The number of nitrogen functional groups attached to an aromatic ring is 1. The molecule has 0 spiro atoms. The number of rotatable bonds is 4. The first-order chi connectivity index (χ1) is 10.5. The minimum absolute atomic E-state index is 0.303. The maximum atomic E-state index is 8.84. The summed E-state index contributed by atoms with van der Waals surface area (Å²) < 4.78 is 0. The summed E-state index contributed by atoms with van der Waals surface area (Å²) in [5, 5.41) is 23.8. The first-order valence-electron chi connectivity index (χ1n) is 6.28. The van der Waals surface area contributed by atoms with Crippen LogP contribution >= 0.6 is 11.6 Å². The molecule has 0 fully saturated rings. The van der Waals surface area contributed by atoms with E-state index in [1.807, 2.05) is 6.07 Å². The van der Waals surface area contributed by atoms with E-state index in [4.69, 9.17) is 27.9 Å². The van der Waals surface area contributed by atoms with Crippen molar-refractivity contribution in [1.82, 2.24) is 9.97 Å². The van der Waals surface area contributed by atoms with Crippen LogP contribution in [0.4, 0.5) is 23.0 Å². The van der Waals surface area contributed by atoms with Crippen molar-refractivity contribution in [2.75, 3.05) is 16.4 Å². The third-order valence-corrected chi connectivity index (χ3v) is 3.01. The van der Waals surface area contributed by atoms with Gasteiger partial charge in [0.1, 0.15) is 23.7 Å². The summed E-state index contributed by atoms with van der Waals surface area (Å²) in [5.41, 5.74) is 7.18. The monoisotopic (exact) mass is 313 g/mol. The zero-order valence-electron chi connectivity index (χ0n) is 11.6. The molecule has 2 aromatic heterocycles. The van der Waals surface area contributed by atoms with E-state index in [1.165, 1.54) is 18.5 Å². The van der Waals surface area contributed by atoms with Crippen molar-refractivity contribution in [3.05, 3.63) is 35.1 Å². The molecule has 0 saturated carbocycles. The molecule has 2 rings (SSSR count). The normalized spacial score (nSPS) is 11.1. The number of hydrogen-bond donors (Lipinski definition) is 3. The van der Waals surface area contributed by atoms with Gasteiger partial charge in [0.15, 0.2) is 0 Å². The van der Waals surface area contributed by atoms with Crippen LogP contribution in [0.2, 0.25) is 5.02 Å². The van der Waals surface area contributed by atoms with E-state index in [-0.39, 0.29) is 0 Å². The lowest BCUT2D eigenvalue weighted by atomic mass is 10.3. The molecule has 0 aliphatic heterocycles. The number of nitrogens with two attached hydrogens (primary N) is 1. The van der Waals surface area contributed by atoms with Crippen molar-refractivity contribution in [3.63, 3.8) is 0 Å². The van der Waals surface area contributed by atoms with E-state index < -0.39 is 6.04 Å². The molecule has 110 valence electrons. The standard InChI is InChI=1S/C14H12ClN7/c1-8(4-16)21-12-3-13(19-7-11(12)18)22-14-10(15)2-9(5-17)6-20-14/h2-3,6-8H,18H2,1H3,(H2,19,20,21,22)/t8-/m1/s1. The third-order valence-electron chi connectivity index (χ3n) is 2.72. The molecule has 0 amide bonds. The lowest BCUT2D eigenvalue weighted by Crippen LogP contribution is -2.14. The molecule has 0 bridgehead atoms. The average Bonchev–Trinajstić information content (AvgIpc) is 2.52. The summed E-state index contributed by atoms with van der Waals surface area (Å²) >= 11 is 6.05. The molecule has 4 N–H and O–H groups in total. The number of pyridine rings is 2. The molecule has 7 nitrogen and oxygen atoms in total. The summed E-state index contributed by atoms with van der Waals surface area (Å²) in [6.07, 6.45) is 2.87. The Balaban J connectivity index is 2.25. The predicted octanol–water partition coefficient (Wildman–Crippen LogP) is 2.65. The lowest BCUT2D eigenvalue weighted by molar-refractivity contribution is 1.01. The molecular formula is C14H12ClN7. The topological polar surface area (TPSA) is 123 Å². The number of nitrogens with one attached hydrogen (secondary N) is 2. The van der Waals surface area contributed by atoms with Gasteiger partial charge < -0.3 is 16.4 Å². The molecular weight excluding hydrogens is 302 g/mol. The average molecular weight is 314 g/mol. The van der Waals surface area contributed by atoms with Gasteiger partial charge in [0, 0.05) is 12.3 Å². The molecule has 2 heterocycles. The first-order valence-corrected chi connectivity index (χ1v) is 6.65. The Kier molecular flexibility index (Phi) is 4.62. The number of hydrogen-bond acceptors (Lipinski definition) is 7. The van der Waals surface area contributed by atoms with Crippen LogP contribution in [0, 0.1) is 22.7 Å². The molecule has 2 aromatic rings. The lowest BCUT2D eigenvalue weighted by Gasteiger charge is -2.13. The van der Waals surface area contributed by atoms with Crippen LogP contribution in [0.5, 0.6) is 0 Å². The van der Waals surface area contributed by atoms with Crippen LogP contribution in [-0.4, -0.2) is 16.0 Å². The molecule has 0 unspecified atom stereocenters. The Labute approximate surface area is 132 Å². The van der Waals surface area contributed by atoms with Gasteiger partial charge in [0.05, 0.1) is 34.2 Å². The van der Waals surface area contributed by atoms with E-state index >= 15 is 0 Å². The van der Waals surface area contributed by atoms with E-state index in [2.05, 4.69) is 26.7 Å². The largest absolute Gasteiger partial charge is 0.396 e. The zero-order chi connectivity index (χ0) is 16.1. The van der Waals surface area contributed by atoms with Gasteiger partial charge in [0.25, 0.3) is 0 Å². The highest BCUT2D eigenvalue weighted by atomic mass is 35.5. The zero-order valence-corrected chi connectivity index (χ0v) is 12.4. The number of nitriles is 2. The van der Waals surface area contributed by atoms with Gasteiger partial charge in [-0.1, -0.05) is 11.6 Å². The first kappa shape index (κ1) is 15.4. The van der Waals surface area contributed by atoms with Crippen molar-refractivity contribution in [2.45, 2.75) is 13.0 Å². The van der Waals surface area contributed by atoms with E-state index in [1.54, 1.807) is 13.0 Å². The van der Waals surface area contributed by atoms with Crippen LogP contribution in [-0.2, 0) is 0 Å². The maximum Gasteiger partial charge on any atom is 0.150 e. The molecule has 1 atom stereocenters. The highest BCUT2D eigenvalue weighted by Gasteiger charge is 2.09. The van der Waals surface area contributed by atoms with Crippen molar-refractivity contribution in [1.29, 1.82) is 10.5 Å². The Morgan fingerprint density at radius 3 is 2.68 bits per heavy atom. The Morgan fingerprint density at radius 1 is 1.27 bits per heavy atom. The van der Waals surface area contributed by atoms with Gasteiger partial charge in [-0.25, -0.2) is 9.97 Å². The fourth-order valence-electron chi connectivity index (χ4n) is 1.64. The Bertz CT molecular complexity index is 776. The van der Waals surface area contributed by atoms with Crippen LogP contribution in [0.25, 0.3) is 0 Å². The highest BCUT2D eigenvalue weighted by molar-refractivity contribution is 6.33. The summed E-state index contributed by atoms with van der Waals surface area (Å²) in [6.45, 7) is 1.71. The Hall–Kier alpha value is -3.03. The predicted molar refractivity (Wildman–Crippen MR) is 84.6 cm³/mol. The van der Waals surface area contributed by atoms with E-state index in [9.17, 15) is 0 Å². The van der Waals surface area contributed by atoms with Crippen LogP contribution in [0.1, 0.15) is 12.5 Å². The van der Waals surface area contributed by atoms with Crippen LogP contribution in [0.3, 0.4) is 0 Å². The summed E-state index contributed by atoms with van der Waals surface area (Å²) in [4.78, 5) is 8.19. The highest BCUT2D eigenvalue weighted by Crippen LogP contribution is 2.26.